The number of carboxylic acids is 1. The maximum absolute atomic E-state index is 13.4. The van der Waals surface area contributed by atoms with E-state index in [4.69, 9.17) is 0 Å². The molecule has 0 spiro atoms. The molecule has 0 aromatic heterocycles. The summed E-state index contributed by atoms with van der Waals surface area (Å²) in [4.78, 5) is 38.9. The summed E-state index contributed by atoms with van der Waals surface area (Å²) in [6.07, 6.45) is 15.7. The van der Waals surface area contributed by atoms with E-state index in [-0.39, 0.29) is 45.6 Å². The van der Waals surface area contributed by atoms with E-state index in [1.165, 1.54) is 50.5 Å². The van der Waals surface area contributed by atoms with Gasteiger partial charge in [0.2, 0.25) is 11.8 Å². The van der Waals surface area contributed by atoms with Crippen LogP contribution >= 0.6 is 0 Å². The van der Waals surface area contributed by atoms with Gasteiger partial charge in [-0.15, -0.1) is 0 Å². The molecule has 0 radical (unpaired) electrons. The Morgan fingerprint density at radius 1 is 0.867 bits per heavy atom. The lowest BCUT2D eigenvalue weighted by molar-refractivity contribution is -0.217. The molecule has 6 aliphatic rings. The number of carbonyl (C=O) groups is 3. The smallest absolute Gasteiger partial charge is 0.335 e. The van der Waals surface area contributed by atoms with Gasteiger partial charge in [-0.3, -0.25) is 9.59 Å². The number of benzene rings is 1. The number of allylic oxidation sites excluding steroid dienone is 2. The van der Waals surface area contributed by atoms with E-state index in [2.05, 4.69) is 46.0 Å². The zero-order chi connectivity index (χ0) is 32.0. The molecule has 2 N–H and O–H groups in total. The molecule has 8 atom stereocenters. The van der Waals surface area contributed by atoms with Gasteiger partial charge in [-0.2, -0.15) is 0 Å². The summed E-state index contributed by atoms with van der Waals surface area (Å²) in [6.45, 7) is 13.7. The van der Waals surface area contributed by atoms with E-state index in [0.717, 1.165) is 31.2 Å². The summed E-state index contributed by atoms with van der Waals surface area (Å²) in [5.41, 5.74) is 3.51. The van der Waals surface area contributed by atoms with Crippen molar-refractivity contribution in [2.75, 3.05) is 13.1 Å². The zero-order valence-electron chi connectivity index (χ0n) is 28.2. The highest BCUT2D eigenvalue weighted by Crippen LogP contribution is 2.76. The van der Waals surface area contributed by atoms with Crippen molar-refractivity contribution < 1.29 is 19.5 Å². The molecule has 244 valence electrons. The minimum absolute atomic E-state index is 0.00496. The highest BCUT2D eigenvalue weighted by atomic mass is 16.4. The monoisotopic (exact) mass is 614 g/mol. The Kier molecular flexibility index (Phi) is 7.19. The summed E-state index contributed by atoms with van der Waals surface area (Å²) >= 11 is 0. The second-order valence-electron chi connectivity index (χ2n) is 17.2. The van der Waals surface area contributed by atoms with Crippen molar-refractivity contribution in [2.45, 2.75) is 117 Å². The summed E-state index contributed by atoms with van der Waals surface area (Å²) < 4.78 is 0. The summed E-state index contributed by atoms with van der Waals surface area (Å²) in [7, 11) is 0. The average Bonchev–Trinajstić information content (AvgIpc) is 3.59. The highest BCUT2D eigenvalue weighted by molar-refractivity contribution is 5.88. The number of carbonyl (C=O) groups excluding carboxylic acids is 2. The van der Waals surface area contributed by atoms with Gasteiger partial charge in [-0.05, 0) is 133 Å². The number of carboxylic acid groups (broad SMARTS) is 1. The lowest BCUT2D eigenvalue weighted by atomic mass is 9.33. The molecule has 7 rings (SSSR count). The molecule has 0 bridgehead atoms. The van der Waals surface area contributed by atoms with Crippen LogP contribution in [-0.2, 0) is 9.59 Å². The van der Waals surface area contributed by atoms with Crippen LogP contribution in [0.5, 0.6) is 0 Å². The molecule has 6 nitrogen and oxygen atoms in total. The van der Waals surface area contributed by atoms with Gasteiger partial charge in [0.15, 0.2) is 0 Å². The van der Waals surface area contributed by atoms with Gasteiger partial charge in [-0.1, -0.05) is 59.2 Å². The fourth-order valence-electron chi connectivity index (χ4n) is 13.0. The van der Waals surface area contributed by atoms with Gasteiger partial charge in [0, 0.05) is 18.5 Å². The maximum atomic E-state index is 13.4. The number of aromatic carboxylic acids is 1. The van der Waals surface area contributed by atoms with Crippen LogP contribution in [0.25, 0.3) is 5.57 Å². The minimum atomic E-state index is -0.875. The van der Waals surface area contributed by atoms with Gasteiger partial charge in [0.25, 0.3) is 0 Å². The topological polar surface area (TPSA) is 86.7 Å². The van der Waals surface area contributed by atoms with Crippen LogP contribution in [-0.4, -0.2) is 46.4 Å². The van der Waals surface area contributed by atoms with Crippen LogP contribution in [0.2, 0.25) is 0 Å². The van der Waals surface area contributed by atoms with Crippen molar-refractivity contribution in [1.82, 2.24) is 10.2 Å². The lowest BCUT2D eigenvalue weighted by Gasteiger charge is -2.72. The molecule has 1 aliphatic heterocycles. The van der Waals surface area contributed by atoms with Crippen molar-refractivity contribution in [2.24, 2.45) is 45.3 Å². The Morgan fingerprint density at radius 3 is 2.31 bits per heavy atom. The number of hydrogen-bond acceptors (Lipinski definition) is 3. The third-order valence-corrected chi connectivity index (χ3v) is 15.3. The van der Waals surface area contributed by atoms with E-state index in [1.54, 1.807) is 17.0 Å². The number of amides is 2. The number of hydrogen-bond donors (Lipinski definition) is 2. The quantitative estimate of drug-likeness (QED) is 0.356. The van der Waals surface area contributed by atoms with Crippen molar-refractivity contribution in [3.63, 3.8) is 0 Å². The first-order valence-corrected chi connectivity index (χ1v) is 17.9. The molecule has 4 saturated carbocycles. The third kappa shape index (κ3) is 4.43. The molecular weight excluding hydrogens is 560 g/mol. The first-order chi connectivity index (χ1) is 21.3. The molecule has 2 amide bonds. The van der Waals surface area contributed by atoms with Crippen LogP contribution < -0.4 is 5.32 Å². The summed E-state index contributed by atoms with van der Waals surface area (Å²) in [5.74, 6) is 1.69. The van der Waals surface area contributed by atoms with Crippen molar-refractivity contribution in [3.05, 3.63) is 41.5 Å². The minimum Gasteiger partial charge on any atom is -0.478 e. The predicted octanol–water partition coefficient (Wildman–Crippen LogP) is 7.72. The molecule has 1 heterocycles. The first kappa shape index (κ1) is 31.0. The molecular formula is C39H54N2O4. The van der Waals surface area contributed by atoms with E-state index >= 15 is 0 Å². The SMILES string of the molecule is CC1(C)C(c2ccc(C(=O)O)cc2)=CC[C@@]2(C)C1CC[C@]1(C)C2CC[C@@H]2C3CCC[C@]3(NC(=O)CN3CCCC3=O)CC[C@]21C. The highest BCUT2D eigenvalue weighted by Gasteiger charge is 2.69. The van der Waals surface area contributed by atoms with Crippen molar-refractivity contribution >= 4 is 23.4 Å². The molecule has 1 aromatic carbocycles. The van der Waals surface area contributed by atoms with Crippen LogP contribution in [0.1, 0.15) is 128 Å². The van der Waals surface area contributed by atoms with Crippen molar-refractivity contribution in [3.8, 4) is 0 Å². The van der Waals surface area contributed by atoms with Crippen LogP contribution in [0.4, 0.5) is 0 Å². The third-order valence-electron chi connectivity index (χ3n) is 15.3. The first-order valence-electron chi connectivity index (χ1n) is 17.9. The number of fused-ring (bicyclic) bond motifs is 7. The van der Waals surface area contributed by atoms with Gasteiger partial charge >= 0.3 is 5.97 Å². The van der Waals surface area contributed by atoms with Gasteiger partial charge < -0.3 is 15.3 Å². The van der Waals surface area contributed by atoms with Crippen LogP contribution in [0, 0.1) is 45.3 Å². The van der Waals surface area contributed by atoms with Gasteiger partial charge in [0.1, 0.15) is 0 Å². The van der Waals surface area contributed by atoms with Crippen LogP contribution in [0.3, 0.4) is 0 Å². The normalized spacial score (nSPS) is 41.8. The number of nitrogens with zero attached hydrogens (tertiary/aromatic N) is 1. The zero-order valence-corrected chi connectivity index (χ0v) is 28.2. The lowest BCUT2D eigenvalue weighted by Crippen LogP contribution is -2.68. The second-order valence-corrected chi connectivity index (χ2v) is 17.2. The van der Waals surface area contributed by atoms with E-state index in [1.807, 2.05) is 12.1 Å². The Morgan fingerprint density at radius 2 is 1.62 bits per heavy atom. The Bertz CT molecular complexity index is 1430. The van der Waals surface area contributed by atoms with Gasteiger partial charge in [-0.25, -0.2) is 4.79 Å². The molecule has 5 aliphatic carbocycles. The second kappa shape index (κ2) is 10.4. The summed E-state index contributed by atoms with van der Waals surface area (Å²) in [5, 5.41) is 13.0. The Hall–Kier alpha value is -2.63. The molecule has 1 aromatic rings. The standard InChI is InChI=1S/C39H54N2O4/c1-35(2)27(25-10-12-26(13-11-25)34(44)45)16-19-36(3)30(35)17-20-38(5)31(36)15-14-28-29-8-6-18-39(29,22-21-37(28,38)4)40-32(42)24-41-23-7-9-33(41)43/h10-13,16,28-31H,6-9,14-15,17-24H2,1-5H3,(H,40,42)(H,44,45)/t28-,29?,30?,31?,36+,37-,38-,39+/m1/s1. The molecule has 3 unspecified atom stereocenters. The number of likely N-dealkylation sites (tertiary alicyclic amines) is 1. The average molecular weight is 615 g/mol. The molecule has 6 heteroatoms. The maximum Gasteiger partial charge on any atom is 0.335 e. The van der Waals surface area contributed by atoms with Crippen molar-refractivity contribution in [1.29, 1.82) is 0 Å². The van der Waals surface area contributed by atoms with E-state index in [0.29, 0.717) is 42.2 Å². The Balaban J connectivity index is 1.14. The predicted molar refractivity (Wildman–Crippen MR) is 176 cm³/mol. The number of nitrogens with one attached hydrogen (secondary N) is 1. The largest absolute Gasteiger partial charge is 0.478 e. The Labute approximate surface area is 269 Å². The fourth-order valence-corrected chi connectivity index (χ4v) is 13.0. The van der Waals surface area contributed by atoms with E-state index in [9.17, 15) is 19.5 Å². The van der Waals surface area contributed by atoms with Gasteiger partial charge in [0.05, 0.1) is 12.1 Å². The number of rotatable bonds is 5. The fraction of sp³-hybridized carbons (Fsp3) is 0.718. The molecule has 45 heavy (non-hydrogen) atoms. The molecule has 1 saturated heterocycles. The van der Waals surface area contributed by atoms with E-state index < -0.39 is 5.97 Å². The summed E-state index contributed by atoms with van der Waals surface area (Å²) in [6, 6.07) is 7.53. The van der Waals surface area contributed by atoms with Crippen LogP contribution in [0.15, 0.2) is 30.3 Å². The molecule has 5 fully saturated rings.